The Labute approximate surface area is 130 Å². The van der Waals surface area contributed by atoms with Gasteiger partial charge in [-0.25, -0.2) is 0 Å². The fraction of sp³-hybridized carbons (Fsp3) is 0.500. The van der Waals surface area contributed by atoms with Crippen LogP contribution in [0.3, 0.4) is 0 Å². The van der Waals surface area contributed by atoms with E-state index in [0.717, 1.165) is 30.9 Å². The molecule has 6 nitrogen and oxygen atoms in total. The van der Waals surface area contributed by atoms with Crippen LogP contribution in [0.5, 0.6) is 11.5 Å². The van der Waals surface area contributed by atoms with Gasteiger partial charge in [0.05, 0.1) is 6.61 Å². The monoisotopic (exact) mass is 305 g/mol. The van der Waals surface area contributed by atoms with E-state index in [1.54, 1.807) is 0 Å². The lowest BCUT2D eigenvalue weighted by molar-refractivity contribution is 0.242. The molecule has 1 heterocycles. The molecule has 0 saturated carbocycles. The second-order valence-electron chi connectivity index (χ2n) is 5.11. The number of ether oxygens (including phenoxy) is 2. The molecule has 0 bridgehead atoms. The zero-order valence-electron chi connectivity index (χ0n) is 13.3. The van der Waals surface area contributed by atoms with Gasteiger partial charge in [0.15, 0.2) is 12.4 Å². The molecule has 0 radical (unpaired) electrons. The Morgan fingerprint density at radius 2 is 1.86 bits per heavy atom. The second-order valence-corrected chi connectivity index (χ2v) is 5.11. The summed E-state index contributed by atoms with van der Waals surface area (Å²) in [6.07, 6.45) is 1.72. The third-order valence-electron chi connectivity index (χ3n) is 3.15. The van der Waals surface area contributed by atoms with Crippen molar-refractivity contribution in [1.29, 1.82) is 0 Å². The summed E-state index contributed by atoms with van der Waals surface area (Å²) in [5, 5.41) is 7.07. The number of benzene rings is 1. The quantitative estimate of drug-likeness (QED) is 0.768. The van der Waals surface area contributed by atoms with E-state index in [9.17, 15) is 0 Å². The van der Waals surface area contributed by atoms with Gasteiger partial charge >= 0.3 is 0 Å². The van der Waals surface area contributed by atoms with Crippen LogP contribution < -0.4 is 14.8 Å². The van der Waals surface area contributed by atoms with E-state index < -0.39 is 0 Å². The topological polar surface area (TPSA) is 69.4 Å². The highest BCUT2D eigenvalue weighted by Gasteiger charge is 2.10. The van der Waals surface area contributed by atoms with Gasteiger partial charge in [-0.15, -0.1) is 0 Å². The summed E-state index contributed by atoms with van der Waals surface area (Å²) in [5.41, 5.74) is 0. The molecule has 0 aliphatic rings. The Kier molecular flexibility index (Phi) is 6.21. The van der Waals surface area contributed by atoms with Gasteiger partial charge in [0, 0.05) is 12.5 Å². The standard InChI is InChI=1S/C16H23N3O3/c1-4-9-20-13-5-7-14(8-6-13)21-11-16-18-15(19-22-16)10-12(2)17-3/h5-8,12,17H,4,9-11H2,1-3H3. The Morgan fingerprint density at radius 1 is 1.18 bits per heavy atom. The van der Waals surface area contributed by atoms with Crippen LogP contribution in [0, 0.1) is 0 Å². The molecule has 1 N–H and O–H groups in total. The van der Waals surface area contributed by atoms with Gasteiger partial charge in [-0.05, 0) is 44.7 Å². The van der Waals surface area contributed by atoms with Crippen molar-refractivity contribution in [3.63, 3.8) is 0 Å². The van der Waals surface area contributed by atoms with E-state index in [1.807, 2.05) is 31.3 Å². The normalized spacial score (nSPS) is 12.1. The van der Waals surface area contributed by atoms with Crippen molar-refractivity contribution in [2.24, 2.45) is 0 Å². The maximum atomic E-state index is 5.63. The number of hydrogen-bond acceptors (Lipinski definition) is 6. The summed E-state index contributed by atoms with van der Waals surface area (Å²) >= 11 is 0. The molecular weight excluding hydrogens is 282 g/mol. The molecule has 1 aromatic carbocycles. The Bertz CT molecular complexity index is 554. The molecule has 6 heteroatoms. The zero-order chi connectivity index (χ0) is 15.8. The predicted octanol–water partition coefficient (Wildman–Crippen LogP) is 2.59. The minimum absolute atomic E-state index is 0.260. The number of hydrogen-bond donors (Lipinski definition) is 1. The molecule has 1 unspecified atom stereocenters. The van der Waals surface area contributed by atoms with Gasteiger partial charge < -0.3 is 19.3 Å². The lowest BCUT2D eigenvalue weighted by atomic mass is 10.2. The van der Waals surface area contributed by atoms with Crippen molar-refractivity contribution in [3.05, 3.63) is 36.0 Å². The molecule has 1 atom stereocenters. The number of nitrogens with one attached hydrogen (secondary N) is 1. The van der Waals surface area contributed by atoms with Crippen molar-refractivity contribution in [2.45, 2.75) is 39.3 Å². The van der Waals surface area contributed by atoms with Crippen LogP contribution in [0.25, 0.3) is 0 Å². The fourth-order valence-electron chi connectivity index (χ4n) is 1.80. The molecule has 1 aromatic heterocycles. The minimum atomic E-state index is 0.260. The number of aromatic nitrogens is 2. The highest BCUT2D eigenvalue weighted by Crippen LogP contribution is 2.18. The van der Waals surface area contributed by atoms with Crippen molar-refractivity contribution < 1.29 is 14.0 Å². The Hall–Kier alpha value is -2.08. The minimum Gasteiger partial charge on any atom is -0.494 e. The molecule has 2 aromatic rings. The fourth-order valence-corrected chi connectivity index (χ4v) is 1.80. The van der Waals surface area contributed by atoms with E-state index >= 15 is 0 Å². The number of rotatable bonds is 9. The molecule has 2 rings (SSSR count). The summed E-state index contributed by atoms with van der Waals surface area (Å²) in [4.78, 5) is 4.30. The molecule has 0 aliphatic heterocycles. The van der Waals surface area contributed by atoms with Crippen LogP contribution >= 0.6 is 0 Å². The van der Waals surface area contributed by atoms with Gasteiger partial charge in [-0.1, -0.05) is 12.1 Å². The van der Waals surface area contributed by atoms with Crippen LogP contribution in [0.2, 0.25) is 0 Å². The van der Waals surface area contributed by atoms with Crippen LogP contribution in [-0.4, -0.2) is 29.8 Å². The van der Waals surface area contributed by atoms with Crippen LogP contribution in [-0.2, 0) is 13.0 Å². The van der Waals surface area contributed by atoms with Crippen LogP contribution in [0.1, 0.15) is 32.0 Å². The predicted molar refractivity (Wildman–Crippen MR) is 83.1 cm³/mol. The van der Waals surface area contributed by atoms with Gasteiger partial charge in [-0.2, -0.15) is 4.98 Å². The molecule has 120 valence electrons. The first kappa shape index (κ1) is 16.3. The third-order valence-corrected chi connectivity index (χ3v) is 3.15. The van der Waals surface area contributed by atoms with Crippen LogP contribution in [0.4, 0.5) is 0 Å². The second kappa shape index (κ2) is 8.38. The molecule has 0 amide bonds. The van der Waals surface area contributed by atoms with E-state index in [2.05, 4.69) is 29.3 Å². The van der Waals surface area contributed by atoms with E-state index in [0.29, 0.717) is 17.8 Å². The van der Waals surface area contributed by atoms with Crippen molar-refractivity contribution >= 4 is 0 Å². The Balaban J connectivity index is 1.82. The molecular formula is C16H23N3O3. The van der Waals surface area contributed by atoms with E-state index in [1.165, 1.54) is 0 Å². The van der Waals surface area contributed by atoms with E-state index in [4.69, 9.17) is 14.0 Å². The Morgan fingerprint density at radius 3 is 2.50 bits per heavy atom. The third kappa shape index (κ3) is 5.04. The summed E-state index contributed by atoms with van der Waals surface area (Å²) in [6.45, 7) is 5.12. The zero-order valence-corrected chi connectivity index (χ0v) is 13.3. The first-order valence-corrected chi connectivity index (χ1v) is 7.55. The summed E-state index contributed by atoms with van der Waals surface area (Å²) in [7, 11) is 1.91. The van der Waals surface area contributed by atoms with Crippen molar-refractivity contribution in [2.75, 3.05) is 13.7 Å². The molecule has 0 spiro atoms. The summed E-state index contributed by atoms with van der Waals surface area (Å²) in [5.74, 6) is 2.75. The smallest absolute Gasteiger partial charge is 0.264 e. The largest absolute Gasteiger partial charge is 0.494 e. The highest BCUT2D eigenvalue weighted by molar-refractivity contribution is 5.31. The molecule has 0 fully saturated rings. The lowest BCUT2D eigenvalue weighted by Crippen LogP contribution is -2.24. The van der Waals surface area contributed by atoms with Crippen molar-refractivity contribution in [3.8, 4) is 11.5 Å². The maximum absolute atomic E-state index is 5.63. The molecule has 22 heavy (non-hydrogen) atoms. The molecule has 0 saturated heterocycles. The number of nitrogens with zero attached hydrogens (tertiary/aromatic N) is 2. The first-order valence-electron chi connectivity index (χ1n) is 7.55. The van der Waals surface area contributed by atoms with Gasteiger partial charge in [0.25, 0.3) is 5.89 Å². The molecule has 0 aliphatic carbocycles. The maximum Gasteiger partial charge on any atom is 0.264 e. The first-order chi connectivity index (χ1) is 10.7. The van der Waals surface area contributed by atoms with Crippen molar-refractivity contribution in [1.82, 2.24) is 15.5 Å². The highest BCUT2D eigenvalue weighted by atomic mass is 16.5. The average Bonchev–Trinajstić information content (AvgIpc) is 2.99. The lowest BCUT2D eigenvalue weighted by Gasteiger charge is -2.06. The van der Waals surface area contributed by atoms with Gasteiger partial charge in [-0.3, -0.25) is 0 Å². The van der Waals surface area contributed by atoms with E-state index in [-0.39, 0.29) is 6.61 Å². The average molecular weight is 305 g/mol. The van der Waals surface area contributed by atoms with Gasteiger partial charge in [0.1, 0.15) is 11.5 Å². The van der Waals surface area contributed by atoms with Gasteiger partial charge in [0.2, 0.25) is 0 Å². The SMILES string of the molecule is CCCOc1ccc(OCc2nc(CC(C)NC)no2)cc1. The summed E-state index contributed by atoms with van der Waals surface area (Å²) < 4.78 is 16.3. The van der Waals surface area contributed by atoms with Crippen LogP contribution in [0.15, 0.2) is 28.8 Å². The number of likely N-dealkylation sites (N-methyl/N-ethyl adjacent to an activating group) is 1. The summed E-state index contributed by atoms with van der Waals surface area (Å²) in [6, 6.07) is 7.82.